The molecule has 2 aliphatic rings. The van der Waals surface area contributed by atoms with E-state index < -0.39 is 0 Å². The summed E-state index contributed by atoms with van der Waals surface area (Å²) in [6.45, 7) is 0. The Morgan fingerprint density at radius 1 is 1.33 bits per heavy atom. The zero-order chi connectivity index (χ0) is 12.9. The van der Waals surface area contributed by atoms with Crippen molar-refractivity contribution in [1.82, 2.24) is 18.4 Å². The van der Waals surface area contributed by atoms with Crippen LogP contribution < -0.4 is 10.3 Å². The molecule has 0 aromatic carbocycles. The van der Waals surface area contributed by atoms with Crippen LogP contribution in [0.5, 0.6) is 0 Å². The lowest BCUT2D eigenvalue weighted by molar-refractivity contribution is 0.574. The van der Waals surface area contributed by atoms with E-state index in [2.05, 4.69) is 20.7 Å². The number of rotatable bonds is 1. The molecule has 1 aromatic rings. The van der Waals surface area contributed by atoms with Crippen LogP contribution in [0.2, 0.25) is 0 Å². The normalized spacial score (nSPS) is 17.4. The minimum atomic E-state index is -0.0304. The van der Waals surface area contributed by atoms with Gasteiger partial charge in [-0.3, -0.25) is 18.5 Å². The Morgan fingerprint density at radius 3 is 2.78 bits per heavy atom. The van der Waals surface area contributed by atoms with Gasteiger partial charge in [0.15, 0.2) is 0 Å². The third-order valence-electron chi connectivity index (χ3n) is 3.04. The lowest BCUT2D eigenvalue weighted by Gasteiger charge is -2.18. The molecule has 0 aliphatic carbocycles. The first-order valence-corrected chi connectivity index (χ1v) is 6.90. The predicted octanol–water partition coefficient (Wildman–Crippen LogP) is 1.71. The molecule has 18 heavy (non-hydrogen) atoms. The van der Waals surface area contributed by atoms with E-state index in [0.717, 1.165) is 17.0 Å². The van der Waals surface area contributed by atoms with Crippen LogP contribution in [0, 0.1) is 0 Å². The Kier molecular flexibility index (Phi) is 2.67. The number of allylic oxidation sites excluding steroid dienone is 3. The summed E-state index contributed by atoms with van der Waals surface area (Å²) in [5.74, 6) is 0. The molecule has 2 aliphatic heterocycles. The summed E-state index contributed by atoms with van der Waals surface area (Å²) in [5, 5.41) is 0. The number of nitrogens with zero attached hydrogens (tertiary/aromatic N) is 3. The molecule has 1 aromatic heterocycles. The summed E-state index contributed by atoms with van der Waals surface area (Å²) in [4.78, 5) is 11.9. The number of halogens is 1. The van der Waals surface area contributed by atoms with Crippen molar-refractivity contribution in [1.29, 1.82) is 0 Å². The smallest absolute Gasteiger partial charge is 0.281 e. The second kappa shape index (κ2) is 4.10. The Balaban J connectivity index is 2.15. The summed E-state index contributed by atoms with van der Waals surface area (Å²) in [7, 11) is 3.63. The maximum Gasteiger partial charge on any atom is 0.281 e. The number of aromatic nitrogens is 2. The van der Waals surface area contributed by atoms with Crippen LogP contribution in [0.25, 0.3) is 5.57 Å². The maximum atomic E-state index is 11.9. The van der Waals surface area contributed by atoms with Crippen molar-refractivity contribution in [3.05, 3.63) is 50.8 Å². The standard InChI is InChI=1S/C11H11BrN4OS/c1-14-10(9(12)11(17)15(14)2)7-3-4-16-8(5-7)6-13-18-16/h3-6,13H,1-2H3. The number of hydrogen-bond donors (Lipinski definition) is 1. The van der Waals surface area contributed by atoms with Crippen LogP contribution in [-0.2, 0) is 14.1 Å². The molecule has 0 atom stereocenters. The van der Waals surface area contributed by atoms with E-state index in [1.165, 1.54) is 12.1 Å². The Morgan fingerprint density at radius 2 is 2.11 bits per heavy atom. The van der Waals surface area contributed by atoms with Gasteiger partial charge in [0.05, 0.1) is 23.5 Å². The molecule has 0 saturated carbocycles. The predicted molar refractivity (Wildman–Crippen MR) is 76.1 cm³/mol. The molecule has 5 nitrogen and oxygen atoms in total. The summed E-state index contributed by atoms with van der Waals surface area (Å²) >= 11 is 4.89. The topological polar surface area (TPSA) is 42.2 Å². The second-order valence-electron chi connectivity index (χ2n) is 4.03. The van der Waals surface area contributed by atoms with Gasteiger partial charge in [0, 0.05) is 32.1 Å². The van der Waals surface area contributed by atoms with Crippen LogP contribution in [0.15, 0.2) is 39.5 Å². The van der Waals surface area contributed by atoms with E-state index in [9.17, 15) is 4.79 Å². The van der Waals surface area contributed by atoms with Gasteiger partial charge >= 0.3 is 0 Å². The summed E-state index contributed by atoms with van der Waals surface area (Å²) in [5.41, 5.74) is 2.93. The zero-order valence-electron chi connectivity index (χ0n) is 9.85. The van der Waals surface area contributed by atoms with Gasteiger partial charge in [0.25, 0.3) is 5.56 Å². The number of nitrogens with one attached hydrogen (secondary N) is 1. The fraction of sp³-hybridized carbons (Fsp3) is 0.182. The first kappa shape index (κ1) is 11.7. The number of hydrogen-bond acceptors (Lipinski definition) is 4. The van der Waals surface area contributed by atoms with E-state index in [1.54, 1.807) is 11.7 Å². The average molecular weight is 327 g/mol. The van der Waals surface area contributed by atoms with Crippen LogP contribution in [-0.4, -0.2) is 13.7 Å². The highest BCUT2D eigenvalue weighted by Crippen LogP contribution is 2.32. The third kappa shape index (κ3) is 1.58. The van der Waals surface area contributed by atoms with E-state index in [1.807, 2.05) is 40.6 Å². The van der Waals surface area contributed by atoms with Crippen molar-refractivity contribution in [2.45, 2.75) is 0 Å². The van der Waals surface area contributed by atoms with Gasteiger partial charge in [0.1, 0.15) is 4.47 Å². The highest BCUT2D eigenvalue weighted by atomic mass is 79.9. The molecule has 1 N–H and O–H groups in total. The Hall–Kier alpha value is -1.34. The largest absolute Gasteiger partial charge is 0.316 e. The molecule has 3 heterocycles. The van der Waals surface area contributed by atoms with E-state index >= 15 is 0 Å². The fourth-order valence-electron chi connectivity index (χ4n) is 1.97. The molecule has 0 unspecified atom stereocenters. The molecule has 0 amide bonds. The molecule has 0 radical (unpaired) electrons. The molecular weight excluding hydrogens is 316 g/mol. The van der Waals surface area contributed by atoms with Crippen molar-refractivity contribution in [3.63, 3.8) is 0 Å². The van der Waals surface area contributed by atoms with Crippen molar-refractivity contribution in [3.8, 4) is 0 Å². The molecule has 0 bridgehead atoms. The lowest BCUT2D eigenvalue weighted by Crippen LogP contribution is -2.17. The minimum absolute atomic E-state index is 0.0304. The van der Waals surface area contributed by atoms with Crippen molar-refractivity contribution in [2.75, 3.05) is 0 Å². The Labute approximate surface area is 117 Å². The van der Waals surface area contributed by atoms with Gasteiger partial charge in [0.2, 0.25) is 0 Å². The fourth-order valence-corrected chi connectivity index (χ4v) is 3.33. The molecule has 3 rings (SSSR count). The Bertz CT molecular complexity index is 667. The van der Waals surface area contributed by atoms with Crippen LogP contribution >= 0.6 is 28.1 Å². The highest BCUT2D eigenvalue weighted by molar-refractivity contribution is 9.10. The maximum absolute atomic E-state index is 11.9. The van der Waals surface area contributed by atoms with Gasteiger partial charge in [-0.25, -0.2) is 0 Å². The first-order valence-electron chi connectivity index (χ1n) is 5.33. The first-order chi connectivity index (χ1) is 8.59. The van der Waals surface area contributed by atoms with Gasteiger partial charge < -0.3 is 4.72 Å². The quantitative estimate of drug-likeness (QED) is 0.798. The molecular formula is C11H11BrN4OS. The lowest BCUT2D eigenvalue weighted by atomic mass is 10.1. The van der Waals surface area contributed by atoms with Gasteiger partial charge in [-0.1, -0.05) is 0 Å². The van der Waals surface area contributed by atoms with Crippen molar-refractivity contribution in [2.24, 2.45) is 14.1 Å². The van der Waals surface area contributed by atoms with Gasteiger partial charge in [-0.2, -0.15) is 0 Å². The van der Waals surface area contributed by atoms with Crippen LogP contribution in [0.3, 0.4) is 0 Å². The van der Waals surface area contributed by atoms with E-state index in [4.69, 9.17) is 0 Å². The second-order valence-corrected chi connectivity index (χ2v) is 5.64. The minimum Gasteiger partial charge on any atom is -0.316 e. The van der Waals surface area contributed by atoms with Crippen LogP contribution in [0.1, 0.15) is 5.69 Å². The highest BCUT2D eigenvalue weighted by Gasteiger charge is 2.21. The van der Waals surface area contributed by atoms with Crippen molar-refractivity contribution >= 4 is 33.6 Å². The number of fused-ring (bicyclic) bond motifs is 1. The summed E-state index contributed by atoms with van der Waals surface area (Å²) in [6.07, 6.45) is 7.96. The summed E-state index contributed by atoms with van der Waals surface area (Å²) < 4.78 is 9.12. The zero-order valence-corrected chi connectivity index (χ0v) is 12.2. The monoisotopic (exact) mass is 326 g/mol. The van der Waals surface area contributed by atoms with Gasteiger partial charge in [-0.15, -0.1) is 0 Å². The molecule has 94 valence electrons. The molecule has 0 spiro atoms. The van der Waals surface area contributed by atoms with E-state index in [-0.39, 0.29) is 5.56 Å². The van der Waals surface area contributed by atoms with Crippen molar-refractivity contribution < 1.29 is 0 Å². The SMILES string of the molecule is Cn1c(C2=CC3=CNSN3C=C2)c(Br)c(=O)n1C. The average Bonchev–Trinajstić information content (AvgIpc) is 2.90. The van der Waals surface area contributed by atoms with Gasteiger partial charge in [-0.05, 0) is 28.1 Å². The molecule has 7 heteroatoms. The summed E-state index contributed by atoms with van der Waals surface area (Å²) in [6, 6.07) is 0. The molecule has 0 fully saturated rings. The van der Waals surface area contributed by atoms with Crippen LogP contribution in [0.4, 0.5) is 0 Å². The third-order valence-corrected chi connectivity index (χ3v) is 4.51. The van der Waals surface area contributed by atoms with E-state index in [0.29, 0.717) is 4.47 Å². The molecule has 0 saturated heterocycles.